The number of hydrogen-bond acceptors (Lipinski definition) is 5. The van der Waals surface area contributed by atoms with E-state index in [2.05, 4.69) is 50.5 Å². The van der Waals surface area contributed by atoms with E-state index < -0.39 is 5.97 Å². The molecule has 0 radical (unpaired) electrons. The van der Waals surface area contributed by atoms with Gasteiger partial charge in [-0.25, -0.2) is 4.79 Å². The first kappa shape index (κ1) is 30.7. The third kappa shape index (κ3) is 9.72. The molecule has 1 heterocycles. The first-order valence-electron chi connectivity index (χ1n) is 13.5. The second-order valence-corrected chi connectivity index (χ2v) is 11.8. The number of benzene rings is 2. The van der Waals surface area contributed by atoms with Gasteiger partial charge in [-0.2, -0.15) is 0 Å². The van der Waals surface area contributed by atoms with E-state index in [4.69, 9.17) is 9.84 Å². The highest BCUT2D eigenvalue weighted by Gasteiger charge is 2.19. The van der Waals surface area contributed by atoms with E-state index in [-0.39, 0.29) is 30.3 Å². The minimum absolute atomic E-state index is 0.0282. The molecule has 3 N–H and O–H groups in total. The van der Waals surface area contributed by atoms with Crippen LogP contribution in [0.15, 0.2) is 60.7 Å². The van der Waals surface area contributed by atoms with Crippen molar-refractivity contribution in [2.24, 2.45) is 0 Å². The summed E-state index contributed by atoms with van der Waals surface area (Å²) in [7, 11) is 0. The standard InChI is InChI=1S/C31H39N3O5S/c1-5-6-19-39-25-13-11-24(12-14-25)33-30(38)34(20-22-7-9-23(10-8-22)31(2,3)4)21-26-15-16-27(40-26)29(37)32-18-17-28(35)36/h7-16H,5-6,17-21H2,1-4H3,(H,32,37)(H,33,38)(H,35,36). The number of nitrogens with zero attached hydrogens (tertiary/aromatic N) is 1. The first-order chi connectivity index (χ1) is 19.0. The van der Waals surface area contributed by atoms with Gasteiger partial charge in [0.1, 0.15) is 5.75 Å². The number of unbranched alkanes of at least 4 members (excludes halogenated alkanes) is 1. The normalized spacial score (nSPS) is 11.1. The summed E-state index contributed by atoms with van der Waals surface area (Å²) >= 11 is 1.28. The molecule has 0 atom stereocenters. The Balaban J connectivity index is 1.73. The molecule has 2 aromatic carbocycles. The first-order valence-corrected chi connectivity index (χ1v) is 14.3. The minimum atomic E-state index is -0.969. The van der Waals surface area contributed by atoms with Crippen molar-refractivity contribution in [3.05, 3.63) is 81.5 Å². The monoisotopic (exact) mass is 565 g/mol. The van der Waals surface area contributed by atoms with Gasteiger partial charge in [0.2, 0.25) is 0 Å². The molecular formula is C31H39N3O5S. The lowest BCUT2D eigenvalue weighted by molar-refractivity contribution is -0.136. The van der Waals surface area contributed by atoms with E-state index >= 15 is 0 Å². The van der Waals surface area contributed by atoms with Gasteiger partial charge >= 0.3 is 12.0 Å². The highest BCUT2D eigenvalue weighted by Crippen LogP contribution is 2.24. The van der Waals surface area contributed by atoms with Gasteiger partial charge in [0.25, 0.3) is 5.91 Å². The average Bonchev–Trinajstić information content (AvgIpc) is 3.38. The van der Waals surface area contributed by atoms with Gasteiger partial charge in [-0.05, 0) is 59.4 Å². The van der Waals surface area contributed by atoms with E-state index in [1.54, 1.807) is 11.0 Å². The number of aliphatic carboxylic acids is 1. The van der Waals surface area contributed by atoms with Crippen LogP contribution in [0.1, 0.15) is 72.6 Å². The fourth-order valence-corrected chi connectivity index (χ4v) is 4.78. The molecule has 3 amide bonds. The summed E-state index contributed by atoms with van der Waals surface area (Å²) in [6.07, 6.45) is 1.90. The zero-order valence-electron chi connectivity index (χ0n) is 23.7. The quantitative estimate of drug-likeness (QED) is 0.201. The summed E-state index contributed by atoms with van der Waals surface area (Å²) in [5.41, 5.74) is 2.89. The topological polar surface area (TPSA) is 108 Å². The molecule has 0 saturated carbocycles. The van der Waals surface area contributed by atoms with Crippen LogP contribution in [0.2, 0.25) is 0 Å². The average molecular weight is 566 g/mol. The number of urea groups is 1. The zero-order chi connectivity index (χ0) is 29.1. The van der Waals surface area contributed by atoms with Gasteiger partial charge < -0.3 is 25.4 Å². The van der Waals surface area contributed by atoms with Crippen molar-refractivity contribution >= 4 is 34.9 Å². The molecule has 3 aromatic rings. The number of anilines is 1. The van der Waals surface area contributed by atoms with Crippen LogP contribution in [0.5, 0.6) is 5.75 Å². The van der Waals surface area contributed by atoms with Crippen LogP contribution in [-0.4, -0.2) is 41.1 Å². The smallest absolute Gasteiger partial charge is 0.322 e. The van der Waals surface area contributed by atoms with E-state index in [1.807, 2.05) is 42.5 Å². The van der Waals surface area contributed by atoms with Gasteiger partial charge in [-0.15, -0.1) is 11.3 Å². The van der Waals surface area contributed by atoms with Gasteiger partial charge in [0.15, 0.2) is 0 Å². The maximum atomic E-state index is 13.4. The Labute approximate surface area is 240 Å². The lowest BCUT2D eigenvalue weighted by atomic mass is 9.87. The summed E-state index contributed by atoms with van der Waals surface area (Å²) in [6, 6.07) is 18.8. The molecule has 0 saturated heterocycles. The maximum absolute atomic E-state index is 13.4. The van der Waals surface area contributed by atoms with Crippen molar-refractivity contribution in [1.29, 1.82) is 0 Å². The molecule has 0 bridgehead atoms. The minimum Gasteiger partial charge on any atom is -0.494 e. The Kier molecular flexibility index (Phi) is 11.1. The van der Waals surface area contributed by atoms with Gasteiger partial charge in [-0.3, -0.25) is 9.59 Å². The Morgan fingerprint density at radius 1 is 0.950 bits per heavy atom. The molecule has 40 heavy (non-hydrogen) atoms. The number of carboxylic acids is 1. The van der Waals surface area contributed by atoms with Crippen LogP contribution in [-0.2, 0) is 23.3 Å². The number of rotatable bonds is 13. The molecule has 214 valence electrons. The molecular weight excluding hydrogens is 526 g/mol. The SMILES string of the molecule is CCCCOc1ccc(NC(=O)N(Cc2ccc(C(C)(C)C)cc2)Cc2ccc(C(=O)NCCC(=O)O)s2)cc1. The number of carboxylic acid groups (broad SMARTS) is 1. The Hall–Kier alpha value is -3.85. The largest absolute Gasteiger partial charge is 0.494 e. The number of thiophene rings is 1. The van der Waals surface area contributed by atoms with Gasteiger partial charge in [0.05, 0.1) is 24.4 Å². The zero-order valence-corrected chi connectivity index (χ0v) is 24.5. The number of hydrogen-bond donors (Lipinski definition) is 3. The lowest BCUT2D eigenvalue weighted by Gasteiger charge is -2.24. The van der Waals surface area contributed by atoms with Crippen molar-refractivity contribution in [3.63, 3.8) is 0 Å². The van der Waals surface area contributed by atoms with Crippen LogP contribution in [0.25, 0.3) is 0 Å². The maximum Gasteiger partial charge on any atom is 0.322 e. The van der Waals surface area contributed by atoms with Crippen LogP contribution < -0.4 is 15.4 Å². The van der Waals surface area contributed by atoms with Crippen molar-refractivity contribution in [3.8, 4) is 5.75 Å². The van der Waals surface area contributed by atoms with Crippen LogP contribution >= 0.6 is 11.3 Å². The number of amides is 3. The van der Waals surface area contributed by atoms with Crippen molar-refractivity contribution < 1.29 is 24.2 Å². The van der Waals surface area contributed by atoms with Crippen LogP contribution in [0, 0.1) is 0 Å². The Morgan fingerprint density at radius 2 is 1.65 bits per heavy atom. The summed E-state index contributed by atoms with van der Waals surface area (Å²) in [5, 5.41) is 14.4. The van der Waals surface area contributed by atoms with Crippen molar-refractivity contribution in [2.75, 3.05) is 18.5 Å². The van der Waals surface area contributed by atoms with Crippen molar-refractivity contribution in [1.82, 2.24) is 10.2 Å². The van der Waals surface area contributed by atoms with Gasteiger partial charge in [0, 0.05) is 23.7 Å². The van der Waals surface area contributed by atoms with E-state index in [9.17, 15) is 14.4 Å². The molecule has 3 rings (SSSR count). The highest BCUT2D eigenvalue weighted by molar-refractivity contribution is 7.14. The number of carbonyl (C=O) groups is 3. The lowest BCUT2D eigenvalue weighted by Crippen LogP contribution is -2.33. The molecule has 1 aromatic heterocycles. The Morgan fingerprint density at radius 3 is 2.27 bits per heavy atom. The number of carbonyl (C=O) groups excluding carboxylic acids is 2. The summed E-state index contributed by atoms with van der Waals surface area (Å²) in [6.45, 7) is 10.00. The van der Waals surface area contributed by atoms with E-state index in [0.29, 0.717) is 30.3 Å². The second-order valence-electron chi connectivity index (χ2n) is 10.6. The molecule has 0 aliphatic rings. The van der Waals surface area contributed by atoms with Gasteiger partial charge in [-0.1, -0.05) is 58.4 Å². The predicted octanol–water partition coefficient (Wildman–Crippen LogP) is 6.66. The second kappa shape index (κ2) is 14.5. The molecule has 0 fully saturated rings. The van der Waals surface area contributed by atoms with Crippen molar-refractivity contribution in [2.45, 2.75) is 65.5 Å². The third-order valence-electron chi connectivity index (χ3n) is 6.21. The summed E-state index contributed by atoms with van der Waals surface area (Å²) < 4.78 is 5.72. The van der Waals surface area contributed by atoms with Crippen LogP contribution in [0.4, 0.5) is 10.5 Å². The molecule has 0 unspecified atom stereocenters. The van der Waals surface area contributed by atoms with Crippen LogP contribution in [0.3, 0.4) is 0 Å². The number of ether oxygens (including phenoxy) is 1. The molecule has 0 aliphatic heterocycles. The molecule has 9 heteroatoms. The Bertz CT molecular complexity index is 1260. The molecule has 0 aliphatic carbocycles. The molecule has 8 nitrogen and oxygen atoms in total. The summed E-state index contributed by atoms with van der Waals surface area (Å²) in [4.78, 5) is 39.6. The van der Waals surface area contributed by atoms with E-state index in [0.717, 1.165) is 29.0 Å². The van der Waals surface area contributed by atoms with E-state index in [1.165, 1.54) is 16.9 Å². The predicted molar refractivity (Wildman–Crippen MR) is 159 cm³/mol. The molecule has 0 spiro atoms. The third-order valence-corrected chi connectivity index (χ3v) is 7.28. The fraction of sp³-hybridized carbons (Fsp3) is 0.387. The summed E-state index contributed by atoms with van der Waals surface area (Å²) in [5.74, 6) is -0.537. The fourth-order valence-electron chi connectivity index (χ4n) is 3.84. The number of nitrogens with one attached hydrogen (secondary N) is 2. The highest BCUT2D eigenvalue weighted by atomic mass is 32.1.